The van der Waals surface area contributed by atoms with Crippen molar-refractivity contribution in [2.75, 3.05) is 5.32 Å². The van der Waals surface area contributed by atoms with Gasteiger partial charge < -0.3 is 20.6 Å². The molecule has 45 heavy (non-hydrogen) atoms. The number of hydrogen-bond donors (Lipinski definition) is 5. The van der Waals surface area contributed by atoms with Crippen LogP contribution < -0.4 is 10.7 Å². The summed E-state index contributed by atoms with van der Waals surface area (Å²) in [6.45, 7) is 0. The van der Waals surface area contributed by atoms with Crippen molar-refractivity contribution in [3.8, 4) is 32.4 Å². The van der Waals surface area contributed by atoms with Crippen molar-refractivity contribution >= 4 is 111 Å². The van der Waals surface area contributed by atoms with Gasteiger partial charge in [0.15, 0.2) is 11.4 Å². The summed E-state index contributed by atoms with van der Waals surface area (Å²) in [6, 6.07) is 16.3. The van der Waals surface area contributed by atoms with Gasteiger partial charge in [-0.25, -0.2) is 4.79 Å². The van der Waals surface area contributed by atoms with Gasteiger partial charge in [0.25, 0.3) is 0 Å². The van der Waals surface area contributed by atoms with Crippen LogP contribution in [-0.2, 0) is 0 Å². The van der Waals surface area contributed by atoms with Crippen LogP contribution in [0.4, 0.5) is 5.69 Å². The Kier molecular flexibility index (Phi) is 11.8. The number of thiophene rings is 2. The van der Waals surface area contributed by atoms with Gasteiger partial charge in [-0.2, -0.15) is 5.10 Å². The monoisotopic (exact) mass is 737 g/mol. The number of hydrogen-bond acceptors (Lipinski definition) is 8. The zero-order valence-corrected chi connectivity index (χ0v) is 27.9. The standard InChI is InChI=1S/C19H13Cl2N3O3S2.C11H6Cl2O2S/c20-14-6-3-11(7-15(14)21)17-16(25)12(9-29-17)8-22-24-19(28)23-13-4-1-10(2-5-13)18(26)27;12-8-2-1-6(3-9(8)13)11-10(15)7(4-14)5-16-11/h1-9,25H,(H,26,27)(H2,23,24,28);1-5,15H. The lowest BCUT2D eigenvalue weighted by molar-refractivity contribution is 0.0696. The maximum atomic E-state index is 10.9. The number of carboxylic acids is 1. The predicted octanol–water partition coefficient (Wildman–Crippen LogP) is 9.69. The lowest BCUT2D eigenvalue weighted by atomic mass is 10.1. The highest BCUT2D eigenvalue weighted by Crippen LogP contribution is 2.40. The maximum absolute atomic E-state index is 10.9. The van der Waals surface area contributed by atoms with Gasteiger partial charge in [0, 0.05) is 22.0 Å². The highest BCUT2D eigenvalue weighted by atomic mass is 35.5. The first-order chi connectivity index (χ1) is 21.5. The Bertz CT molecular complexity index is 1910. The summed E-state index contributed by atoms with van der Waals surface area (Å²) in [4.78, 5) is 22.7. The molecule has 0 spiro atoms. The first-order valence-corrected chi connectivity index (χ1v) is 16.1. The van der Waals surface area contributed by atoms with Crippen LogP contribution in [-0.4, -0.2) is 38.9 Å². The minimum atomic E-state index is -1.00. The fourth-order valence-corrected chi connectivity index (χ4v) is 6.19. The van der Waals surface area contributed by atoms with Crippen LogP contribution in [0.15, 0.2) is 76.5 Å². The minimum absolute atomic E-state index is 0.0154. The average molecular weight is 740 g/mol. The normalized spacial score (nSPS) is 10.7. The lowest BCUT2D eigenvalue weighted by Gasteiger charge is -2.07. The number of thiocarbonyl (C=S) groups is 1. The molecule has 15 heteroatoms. The molecular weight excluding hydrogens is 720 g/mol. The SMILES string of the molecule is O=C(O)c1ccc(NC(=S)NN=Cc2csc(-c3ccc(Cl)c(Cl)c3)c2O)cc1.O=Cc1csc(-c2ccc(Cl)c(Cl)c2)c1O. The van der Waals surface area contributed by atoms with Crippen molar-refractivity contribution in [2.24, 2.45) is 5.10 Å². The highest BCUT2D eigenvalue weighted by molar-refractivity contribution is 7.80. The van der Waals surface area contributed by atoms with Gasteiger partial charge in [-0.3, -0.25) is 10.2 Å². The molecular formula is C30H19Cl4N3O5S3. The average Bonchev–Trinajstić information content (AvgIpc) is 3.58. The number of benzene rings is 3. The van der Waals surface area contributed by atoms with Gasteiger partial charge in [0.1, 0.15) is 11.5 Å². The van der Waals surface area contributed by atoms with E-state index in [1.165, 1.54) is 41.0 Å². The molecule has 0 atom stereocenters. The summed E-state index contributed by atoms with van der Waals surface area (Å²) in [5.41, 5.74) is 5.71. The van der Waals surface area contributed by atoms with Crippen LogP contribution in [0.2, 0.25) is 20.1 Å². The minimum Gasteiger partial charge on any atom is -0.506 e. The number of hydrazone groups is 1. The van der Waals surface area contributed by atoms with E-state index in [-0.39, 0.29) is 27.7 Å². The number of carbonyl (C=O) groups is 2. The third kappa shape index (κ3) is 8.74. The number of nitrogens with zero attached hydrogens (tertiary/aromatic N) is 1. The maximum Gasteiger partial charge on any atom is 0.335 e. The third-order valence-corrected chi connectivity index (χ3v) is 9.58. The molecule has 0 unspecified atom stereocenters. The van der Waals surface area contributed by atoms with Crippen molar-refractivity contribution < 1.29 is 24.9 Å². The fourth-order valence-electron chi connectivity index (χ4n) is 3.61. The number of anilines is 1. The van der Waals surface area contributed by atoms with E-state index in [9.17, 15) is 19.8 Å². The molecule has 5 rings (SSSR count). The van der Waals surface area contributed by atoms with Gasteiger partial charge >= 0.3 is 5.97 Å². The number of halogens is 4. The van der Waals surface area contributed by atoms with Gasteiger partial charge in [-0.15, -0.1) is 22.7 Å². The van der Waals surface area contributed by atoms with Crippen LogP contribution in [0.25, 0.3) is 20.9 Å². The van der Waals surface area contributed by atoms with E-state index >= 15 is 0 Å². The van der Waals surface area contributed by atoms with E-state index in [4.69, 9.17) is 63.7 Å². The molecule has 0 saturated carbocycles. The summed E-state index contributed by atoms with van der Waals surface area (Å²) < 4.78 is 0. The smallest absolute Gasteiger partial charge is 0.335 e. The topological polar surface area (TPSA) is 131 Å². The number of rotatable bonds is 7. The molecule has 0 aliphatic carbocycles. The molecule has 0 aliphatic rings. The molecule has 0 saturated heterocycles. The summed E-state index contributed by atoms with van der Waals surface area (Å²) in [7, 11) is 0. The van der Waals surface area contributed by atoms with Crippen LogP contribution in [0.5, 0.6) is 11.5 Å². The number of carboxylic acid groups (broad SMARTS) is 1. The molecule has 0 amide bonds. The Hall–Kier alpha value is -3.68. The molecule has 0 fully saturated rings. The van der Waals surface area contributed by atoms with Crippen LogP contribution in [0.1, 0.15) is 26.3 Å². The summed E-state index contributed by atoms with van der Waals surface area (Å²) in [6.07, 6.45) is 2.06. The Morgan fingerprint density at radius 1 is 0.778 bits per heavy atom. The number of aromatic carboxylic acids is 1. The predicted molar refractivity (Wildman–Crippen MR) is 189 cm³/mol. The molecule has 2 aromatic heterocycles. The first kappa shape index (κ1) is 34.2. The van der Waals surface area contributed by atoms with Crippen molar-refractivity contribution in [1.82, 2.24) is 5.43 Å². The van der Waals surface area contributed by atoms with Crippen molar-refractivity contribution in [3.63, 3.8) is 0 Å². The Morgan fingerprint density at radius 3 is 1.76 bits per heavy atom. The highest BCUT2D eigenvalue weighted by Gasteiger charge is 2.14. The van der Waals surface area contributed by atoms with E-state index in [1.54, 1.807) is 59.3 Å². The van der Waals surface area contributed by atoms with Crippen molar-refractivity contribution in [1.29, 1.82) is 0 Å². The first-order valence-electron chi connectivity index (χ1n) is 12.4. The van der Waals surface area contributed by atoms with Crippen LogP contribution in [0, 0.1) is 0 Å². The van der Waals surface area contributed by atoms with Crippen molar-refractivity contribution in [2.45, 2.75) is 0 Å². The Labute approximate surface area is 290 Å². The third-order valence-electron chi connectivity index (χ3n) is 5.83. The number of carbonyl (C=O) groups excluding carboxylic acids is 1. The molecule has 0 radical (unpaired) electrons. The number of aromatic hydroxyl groups is 2. The zero-order valence-electron chi connectivity index (χ0n) is 22.4. The van der Waals surface area contributed by atoms with Gasteiger partial charge in [0.05, 0.1) is 47.2 Å². The molecule has 0 aliphatic heterocycles. The van der Waals surface area contributed by atoms with Gasteiger partial charge in [-0.1, -0.05) is 58.5 Å². The van der Waals surface area contributed by atoms with E-state index in [0.717, 1.165) is 11.1 Å². The molecule has 5 aromatic rings. The lowest BCUT2D eigenvalue weighted by Crippen LogP contribution is -2.23. The van der Waals surface area contributed by atoms with E-state index in [1.807, 2.05) is 0 Å². The second-order valence-corrected chi connectivity index (χ2v) is 12.6. The largest absolute Gasteiger partial charge is 0.506 e. The zero-order chi connectivity index (χ0) is 32.7. The van der Waals surface area contributed by atoms with Crippen LogP contribution >= 0.6 is 81.3 Å². The quantitative estimate of drug-likeness (QED) is 0.0483. The Balaban J connectivity index is 0.000000242. The van der Waals surface area contributed by atoms with Gasteiger partial charge in [-0.05, 0) is 71.9 Å². The summed E-state index contributed by atoms with van der Waals surface area (Å²) >= 11 is 31.4. The molecule has 8 nitrogen and oxygen atoms in total. The molecule has 0 bridgehead atoms. The Morgan fingerprint density at radius 2 is 1.29 bits per heavy atom. The van der Waals surface area contributed by atoms with E-state index < -0.39 is 5.97 Å². The van der Waals surface area contributed by atoms with E-state index in [2.05, 4.69) is 15.8 Å². The van der Waals surface area contributed by atoms with E-state index in [0.29, 0.717) is 47.4 Å². The molecule has 2 heterocycles. The second kappa shape index (κ2) is 15.5. The van der Waals surface area contributed by atoms with Crippen LogP contribution in [0.3, 0.4) is 0 Å². The van der Waals surface area contributed by atoms with Crippen molar-refractivity contribution in [3.05, 3.63) is 108 Å². The number of aldehydes is 1. The molecule has 230 valence electrons. The van der Waals surface area contributed by atoms with Gasteiger partial charge in [0.2, 0.25) is 0 Å². The second-order valence-electron chi connectivity index (χ2n) is 8.82. The molecule has 5 N–H and O–H groups in total. The number of nitrogens with one attached hydrogen (secondary N) is 2. The summed E-state index contributed by atoms with van der Waals surface area (Å²) in [5.74, 6) is -0.946. The summed E-state index contributed by atoms with van der Waals surface area (Å²) in [5, 5.41) is 41.2. The fraction of sp³-hybridized carbons (Fsp3) is 0. The molecule has 3 aromatic carbocycles.